The van der Waals surface area contributed by atoms with E-state index in [1.807, 2.05) is 49.8 Å². The molecule has 1 aliphatic heterocycles. The fourth-order valence-corrected chi connectivity index (χ4v) is 3.50. The summed E-state index contributed by atoms with van der Waals surface area (Å²) in [6.45, 7) is 2.40. The van der Waals surface area contributed by atoms with Crippen molar-refractivity contribution in [3.8, 4) is 11.4 Å². The summed E-state index contributed by atoms with van der Waals surface area (Å²) >= 11 is 0. The number of aliphatic hydroxyl groups is 1. The molecule has 3 aromatic rings. The first-order chi connectivity index (χ1) is 12.2. The lowest BCUT2D eigenvalue weighted by Gasteiger charge is -2.13. The van der Waals surface area contributed by atoms with Crippen molar-refractivity contribution in [2.75, 3.05) is 19.7 Å². The second-order valence-corrected chi connectivity index (χ2v) is 6.57. The highest BCUT2D eigenvalue weighted by Gasteiger charge is 2.34. The van der Waals surface area contributed by atoms with E-state index in [1.54, 1.807) is 4.68 Å². The number of hydrogen-bond donors (Lipinski definition) is 1. The fraction of sp³-hybridized carbons (Fsp3) is 0.389. The lowest BCUT2D eigenvalue weighted by molar-refractivity contribution is 0.207. The molecule has 0 bridgehead atoms. The van der Waals surface area contributed by atoms with Crippen molar-refractivity contribution in [3.05, 3.63) is 54.2 Å². The Morgan fingerprint density at radius 2 is 2.08 bits per heavy atom. The van der Waals surface area contributed by atoms with Crippen molar-refractivity contribution in [2.24, 2.45) is 13.0 Å². The van der Waals surface area contributed by atoms with Gasteiger partial charge in [0.05, 0.1) is 12.7 Å². The third-order valence-corrected chi connectivity index (χ3v) is 4.76. The van der Waals surface area contributed by atoms with Gasteiger partial charge in [-0.2, -0.15) is 10.1 Å². The van der Waals surface area contributed by atoms with Crippen LogP contribution in [0.3, 0.4) is 0 Å². The Kier molecular flexibility index (Phi) is 4.33. The van der Waals surface area contributed by atoms with Gasteiger partial charge in [-0.15, -0.1) is 0 Å². The normalized spacial score (nSPS) is 21.0. The molecule has 1 aromatic carbocycles. The predicted octanol–water partition coefficient (Wildman–Crippen LogP) is 1.68. The number of benzene rings is 1. The number of aliphatic hydroxyl groups excluding tert-OH is 1. The quantitative estimate of drug-likeness (QED) is 0.762. The van der Waals surface area contributed by atoms with Gasteiger partial charge < -0.3 is 9.63 Å². The fourth-order valence-electron chi connectivity index (χ4n) is 3.50. The molecule has 1 fully saturated rings. The Balaban J connectivity index is 1.46. The molecule has 4 rings (SSSR count). The first-order valence-corrected chi connectivity index (χ1v) is 8.42. The molecule has 1 aliphatic rings. The van der Waals surface area contributed by atoms with E-state index in [-0.39, 0.29) is 18.4 Å². The molecule has 0 spiro atoms. The molecule has 0 amide bonds. The summed E-state index contributed by atoms with van der Waals surface area (Å²) in [6, 6.07) is 9.80. The highest BCUT2D eigenvalue weighted by atomic mass is 16.5. The molecular formula is C18H21N5O2. The second kappa shape index (κ2) is 6.78. The summed E-state index contributed by atoms with van der Waals surface area (Å²) in [5.74, 6) is 1.68. The number of likely N-dealkylation sites (tertiary alicyclic amines) is 1. The summed E-state index contributed by atoms with van der Waals surface area (Å²) < 4.78 is 7.22. The SMILES string of the molecule is Cn1cc([C@@H]2CN(Cc3nc(-c4ccccc4)no3)C[C@H]2CO)cn1. The van der Waals surface area contributed by atoms with Crippen molar-refractivity contribution in [1.82, 2.24) is 24.8 Å². The highest BCUT2D eigenvalue weighted by molar-refractivity contribution is 5.53. The molecule has 3 heterocycles. The van der Waals surface area contributed by atoms with E-state index in [9.17, 15) is 5.11 Å². The van der Waals surface area contributed by atoms with Crippen molar-refractivity contribution < 1.29 is 9.63 Å². The standard InChI is InChI=1S/C18H21N5O2/c1-22-8-14(7-19-22)16-10-23(9-15(16)12-24)11-17-20-18(21-25-17)13-5-3-2-4-6-13/h2-8,15-16,24H,9-12H2,1H3/t15-,16-/m0/s1. The summed E-state index contributed by atoms with van der Waals surface area (Å²) in [5.41, 5.74) is 2.11. The molecule has 130 valence electrons. The van der Waals surface area contributed by atoms with E-state index in [4.69, 9.17) is 4.52 Å². The Morgan fingerprint density at radius 3 is 2.80 bits per heavy atom. The van der Waals surface area contributed by atoms with Crippen molar-refractivity contribution >= 4 is 0 Å². The first-order valence-electron chi connectivity index (χ1n) is 8.42. The maximum atomic E-state index is 9.74. The molecule has 25 heavy (non-hydrogen) atoms. The van der Waals surface area contributed by atoms with E-state index in [0.29, 0.717) is 18.3 Å². The zero-order valence-electron chi connectivity index (χ0n) is 14.1. The average Bonchev–Trinajstić information content (AvgIpc) is 3.35. The Hall–Kier alpha value is -2.51. The van der Waals surface area contributed by atoms with Gasteiger partial charge in [0.2, 0.25) is 11.7 Å². The van der Waals surface area contributed by atoms with E-state index in [0.717, 1.165) is 18.7 Å². The van der Waals surface area contributed by atoms with Gasteiger partial charge in [-0.05, 0) is 5.56 Å². The Morgan fingerprint density at radius 1 is 1.24 bits per heavy atom. The maximum absolute atomic E-state index is 9.74. The van der Waals surface area contributed by atoms with Crippen LogP contribution >= 0.6 is 0 Å². The molecule has 2 aromatic heterocycles. The minimum Gasteiger partial charge on any atom is -0.396 e. The van der Waals surface area contributed by atoms with Crippen LogP contribution in [0.2, 0.25) is 0 Å². The summed E-state index contributed by atoms with van der Waals surface area (Å²) in [4.78, 5) is 6.75. The van der Waals surface area contributed by atoms with E-state index in [2.05, 4.69) is 20.1 Å². The summed E-state index contributed by atoms with van der Waals surface area (Å²) in [6.07, 6.45) is 3.91. The number of rotatable bonds is 5. The van der Waals surface area contributed by atoms with Crippen LogP contribution in [0.25, 0.3) is 11.4 Å². The van der Waals surface area contributed by atoms with Crippen LogP contribution in [0.5, 0.6) is 0 Å². The number of hydrogen-bond acceptors (Lipinski definition) is 6. The number of aryl methyl sites for hydroxylation is 1. The number of nitrogens with zero attached hydrogens (tertiary/aromatic N) is 5. The molecule has 0 saturated carbocycles. The third kappa shape index (κ3) is 3.33. The molecule has 1 saturated heterocycles. The van der Waals surface area contributed by atoms with Gasteiger partial charge in [0.25, 0.3) is 0 Å². The van der Waals surface area contributed by atoms with Gasteiger partial charge in [-0.1, -0.05) is 35.5 Å². The van der Waals surface area contributed by atoms with Gasteiger partial charge in [0.1, 0.15) is 0 Å². The molecular weight excluding hydrogens is 318 g/mol. The molecule has 2 atom stereocenters. The van der Waals surface area contributed by atoms with Crippen molar-refractivity contribution in [3.63, 3.8) is 0 Å². The maximum Gasteiger partial charge on any atom is 0.241 e. The topological polar surface area (TPSA) is 80.2 Å². The minimum absolute atomic E-state index is 0.162. The van der Waals surface area contributed by atoms with Crippen molar-refractivity contribution in [1.29, 1.82) is 0 Å². The predicted molar refractivity (Wildman–Crippen MR) is 91.5 cm³/mol. The average molecular weight is 339 g/mol. The Labute approximate surface area is 145 Å². The lowest BCUT2D eigenvalue weighted by atomic mass is 9.92. The summed E-state index contributed by atoms with van der Waals surface area (Å²) in [7, 11) is 1.91. The lowest BCUT2D eigenvalue weighted by Crippen LogP contribution is -2.21. The van der Waals surface area contributed by atoms with Gasteiger partial charge in [-0.3, -0.25) is 9.58 Å². The smallest absolute Gasteiger partial charge is 0.241 e. The molecule has 1 N–H and O–H groups in total. The zero-order valence-corrected chi connectivity index (χ0v) is 14.1. The van der Waals surface area contributed by atoms with Crippen LogP contribution in [0.4, 0.5) is 0 Å². The molecule has 0 unspecified atom stereocenters. The molecule has 7 heteroatoms. The van der Waals surface area contributed by atoms with Crippen LogP contribution < -0.4 is 0 Å². The van der Waals surface area contributed by atoms with Crippen LogP contribution in [0.1, 0.15) is 17.4 Å². The minimum atomic E-state index is 0.162. The van der Waals surface area contributed by atoms with Crippen LogP contribution in [-0.2, 0) is 13.6 Å². The van der Waals surface area contributed by atoms with Crippen LogP contribution in [0.15, 0.2) is 47.2 Å². The first kappa shape index (κ1) is 16.0. The summed E-state index contributed by atoms with van der Waals surface area (Å²) in [5, 5.41) is 18.1. The molecule has 7 nitrogen and oxygen atoms in total. The third-order valence-electron chi connectivity index (χ3n) is 4.76. The largest absolute Gasteiger partial charge is 0.396 e. The van der Waals surface area contributed by atoms with Crippen molar-refractivity contribution in [2.45, 2.75) is 12.5 Å². The second-order valence-electron chi connectivity index (χ2n) is 6.57. The Bertz CT molecular complexity index is 829. The van der Waals surface area contributed by atoms with E-state index in [1.165, 1.54) is 5.56 Å². The van der Waals surface area contributed by atoms with E-state index < -0.39 is 0 Å². The van der Waals surface area contributed by atoms with Crippen LogP contribution in [0, 0.1) is 5.92 Å². The zero-order chi connectivity index (χ0) is 17.2. The number of aromatic nitrogens is 4. The van der Waals surface area contributed by atoms with Crippen LogP contribution in [-0.4, -0.2) is 49.6 Å². The van der Waals surface area contributed by atoms with E-state index >= 15 is 0 Å². The van der Waals surface area contributed by atoms with Gasteiger partial charge in [0.15, 0.2) is 0 Å². The van der Waals surface area contributed by atoms with Gasteiger partial charge in [0, 0.05) is 50.3 Å². The molecule has 0 aliphatic carbocycles. The molecule has 0 radical (unpaired) electrons. The monoisotopic (exact) mass is 339 g/mol. The van der Waals surface area contributed by atoms with Gasteiger partial charge >= 0.3 is 0 Å². The highest BCUT2D eigenvalue weighted by Crippen LogP contribution is 2.33. The van der Waals surface area contributed by atoms with Gasteiger partial charge in [-0.25, -0.2) is 0 Å².